The lowest BCUT2D eigenvalue weighted by atomic mass is 9.97. The van der Waals surface area contributed by atoms with Gasteiger partial charge < -0.3 is 28.4 Å². The van der Waals surface area contributed by atoms with Crippen LogP contribution in [0.15, 0.2) is 108 Å². The molecule has 0 aromatic heterocycles. The summed E-state index contributed by atoms with van der Waals surface area (Å²) in [6.45, 7) is 2.01. The molecule has 9 nitrogen and oxygen atoms in total. The normalized spacial score (nSPS) is 24.5. The van der Waals surface area contributed by atoms with Crippen LogP contribution in [0.4, 0.5) is 0 Å². The van der Waals surface area contributed by atoms with E-state index >= 15 is 0 Å². The van der Waals surface area contributed by atoms with Gasteiger partial charge in [-0.1, -0.05) is 109 Å². The van der Waals surface area contributed by atoms with Gasteiger partial charge in [-0.25, -0.2) is 0 Å². The third-order valence-electron chi connectivity index (χ3n) is 8.14. The molecule has 2 aliphatic heterocycles. The van der Waals surface area contributed by atoms with E-state index in [1.807, 2.05) is 72.8 Å². The molecule has 6 rings (SSSR count). The first kappa shape index (κ1) is 31.2. The molecule has 0 radical (unpaired) electrons. The molecule has 4 aromatic carbocycles. The van der Waals surface area contributed by atoms with Crippen molar-refractivity contribution < 1.29 is 28.4 Å². The van der Waals surface area contributed by atoms with Crippen LogP contribution in [-0.4, -0.2) is 50.5 Å². The molecule has 9 heteroatoms. The second kappa shape index (κ2) is 16.0. The van der Waals surface area contributed by atoms with E-state index in [1.54, 1.807) is 0 Å². The molecule has 0 amide bonds. The summed E-state index contributed by atoms with van der Waals surface area (Å²) in [5, 5.41) is 5.96. The minimum absolute atomic E-state index is 0.331. The van der Waals surface area contributed by atoms with Crippen LogP contribution in [0, 0.1) is 0 Å². The van der Waals surface area contributed by atoms with Crippen LogP contribution in [0.2, 0.25) is 0 Å². The maximum absolute atomic E-state index is 8.54. The maximum atomic E-state index is 8.54. The largest absolute Gasteiger partial charge is 0.368 e. The van der Waals surface area contributed by atoms with Gasteiger partial charge >= 0.3 is 0 Å². The Bertz CT molecular complexity index is 1530. The standard InChI is InChI=1S/C36H39N3O6/c37-39-38-20-10-3-11-21-40-36-34(42-23-26-12-4-1-5-13-26)33(41-24-27-18-19-28-14-8-9-17-30(28)22-27)32-31(44-36)25-43-35(45-32)29-15-6-2-7-16-29/h1-2,4-9,12-19,22,31-36H,3,10-11,20-21,23-25H2. The first-order valence-corrected chi connectivity index (χ1v) is 15.6. The molecule has 0 saturated carbocycles. The van der Waals surface area contributed by atoms with Gasteiger partial charge in [0.2, 0.25) is 0 Å². The molecule has 2 aliphatic rings. The Balaban J connectivity index is 1.24. The Kier molecular flexibility index (Phi) is 11.1. The van der Waals surface area contributed by atoms with Gasteiger partial charge in [0.25, 0.3) is 0 Å². The first-order valence-electron chi connectivity index (χ1n) is 15.6. The van der Waals surface area contributed by atoms with Crippen molar-refractivity contribution >= 4 is 10.8 Å². The number of rotatable bonds is 14. The number of benzene rings is 4. The Morgan fingerprint density at radius 2 is 1.44 bits per heavy atom. The van der Waals surface area contributed by atoms with Gasteiger partial charge in [-0.15, -0.1) is 0 Å². The average molecular weight is 610 g/mol. The van der Waals surface area contributed by atoms with Gasteiger partial charge in [0.05, 0.1) is 19.8 Å². The summed E-state index contributed by atoms with van der Waals surface area (Å²) in [4.78, 5) is 2.83. The minimum atomic E-state index is -0.686. The van der Waals surface area contributed by atoms with Gasteiger partial charge in [-0.3, -0.25) is 0 Å². The van der Waals surface area contributed by atoms with E-state index in [9.17, 15) is 0 Å². The second-order valence-corrected chi connectivity index (χ2v) is 11.3. The molecule has 2 saturated heterocycles. The monoisotopic (exact) mass is 609 g/mol. The highest BCUT2D eigenvalue weighted by atomic mass is 16.8. The predicted octanol–water partition coefficient (Wildman–Crippen LogP) is 7.65. The Morgan fingerprint density at radius 3 is 2.27 bits per heavy atom. The van der Waals surface area contributed by atoms with Gasteiger partial charge in [0.15, 0.2) is 12.6 Å². The number of hydrogen-bond donors (Lipinski definition) is 0. The van der Waals surface area contributed by atoms with E-state index in [4.69, 9.17) is 34.0 Å². The highest BCUT2D eigenvalue weighted by molar-refractivity contribution is 5.82. The molecule has 4 aromatic rings. The quantitative estimate of drug-likeness (QED) is 0.0630. The highest BCUT2D eigenvalue weighted by Gasteiger charge is 2.51. The Morgan fingerprint density at radius 1 is 0.711 bits per heavy atom. The van der Waals surface area contributed by atoms with Crippen LogP contribution in [-0.2, 0) is 41.6 Å². The summed E-state index contributed by atoms with van der Waals surface area (Å²) in [6.07, 6.45) is -0.676. The fourth-order valence-corrected chi connectivity index (χ4v) is 5.82. The van der Waals surface area contributed by atoms with Gasteiger partial charge in [-0.05, 0) is 46.3 Å². The summed E-state index contributed by atoms with van der Waals surface area (Å²) in [7, 11) is 0. The van der Waals surface area contributed by atoms with Crippen molar-refractivity contribution in [3.05, 3.63) is 130 Å². The zero-order chi connectivity index (χ0) is 30.7. The smallest absolute Gasteiger partial charge is 0.186 e. The minimum Gasteiger partial charge on any atom is -0.368 e. The predicted molar refractivity (Wildman–Crippen MR) is 170 cm³/mol. The number of ether oxygens (including phenoxy) is 6. The van der Waals surface area contributed by atoms with E-state index in [0.29, 0.717) is 33.0 Å². The molecular formula is C36H39N3O6. The topological polar surface area (TPSA) is 104 Å². The van der Waals surface area contributed by atoms with E-state index < -0.39 is 37.0 Å². The van der Waals surface area contributed by atoms with Crippen molar-refractivity contribution in [2.24, 2.45) is 5.11 Å². The molecule has 2 heterocycles. The van der Waals surface area contributed by atoms with Crippen molar-refractivity contribution in [3.63, 3.8) is 0 Å². The number of hydrogen-bond acceptors (Lipinski definition) is 7. The molecule has 2 fully saturated rings. The van der Waals surface area contributed by atoms with E-state index in [2.05, 4.69) is 40.4 Å². The zero-order valence-corrected chi connectivity index (χ0v) is 25.2. The average Bonchev–Trinajstić information content (AvgIpc) is 3.10. The van der Waals surface area contributed by atoms with Crippen molar-refractivity contribution in [2.45, 2.75) is 69.5 Å². The summed E-state index contributed by atoms with van der Waals surface area (Å²) in [5.74, 6) is 0. The van der Waals surface area contributed by atoms with Crippen LogP contribution in [0.1, 0.15) is 42.2 Å². The SMILES string of the molecule is [N-]=[N+]=NCCCCCOC1OC2COC(c3ccccc3)OC2C(OCc2ccc3ccccc3c2)C1OCc1ccccc1. The third kappa shape index (κ3) is 8.28. The Hall–Kier alpha value is -3.79. The summed E-state index contributed by atoms with van der Waals surface area (Å²) < 4.78 is 39.0. The Labute approximate surface area is 263 Å². The number of azide groups is 1. The molecule has 0 spiro atoms. The zero-order valence-electron chi connectivity index (χ0n) is 25.2. The molecule has 0 N–H and O–H groups in total. The molecule has 234 valence electrons. The van der Waals surface area contributed by atoms with Crippen molar-refractivity contribution in [1.82, 2.24) is 0 Å². The summed E-state index contributed by atoms with van der Waals surface area (Å²) in [5.41, 5.74) is 11.6. The molecule has 6 atom stereocenters. The third-order valence-corrected chi connectivity index (χ3v) is 8.14. The fraction of sp³-hybridized carbons (Fsp3) is 0.389. The van der Waals surface area contributed by atoms with Crippen LogP contribution < -0.4 is 0 Å². The van der Waals surface area contributed by atoms with Crippen LogP contribution in [0.25, 0.3) is 21.2 Å². The van der Waals surface area contributed by atoms with Crippen LogP contribution in [0.5, 0.6) is 0 Å². The van der Waals surface area contributed by atoms with E-state index in [1.165, 1.54) is 5.39 Å². The number of unbranched alkanes of at least 4 members (excludes halogenated alkanes) is 2. The lowest BCUT2D eigenvalue weighted by molar-refractivity contribution is -0.372. The van der Waals surface area contributed by atoms with Gasteiger partial charge in [0, 0.05) is 23.6 Å². The van der Waals surface area contributed by atoms with Crippen LogP contribution in [0.3, 0.4) is 0 Å². The maximum Gasteiger partial charge on any atom is 0.186 e. The lowest BCUT2D eigenvalue weighted by Gasteiger charge is -2.49. The van der Waals surface area contributed by atoms with Crippen molar-refractivity contribution in [1.29, 1.82) is 0 Å². The van der Waals surface area contributed by atoms with Gasteiger partial charge in [-0.2, -0.15) is 0 Å². The molecule has 45 heavy (non-hydrogen) atoms. The van der Waals surface area contributed by atoms with E-state index in [-0.39, 0.29) is 0 Å². The molecule has 0 bridgehead atoms. The number of nitrogens with zero attached hydrogens (tertiary/aromatic N) is 3. The van der Waals surface area contributed by atoms with Crippen molar-refractivity contribution in [2.75, 3.05) is 19.8 Å². The fourth-order valence-electron chi connectivity index (χ4n) is 5.82. The number of fused-ring (bicyclic) bond motifs is 2. The van der Waals surface area contributed by atoms with Gasteiger partial charge in [0.1, 0.15) is 24.4 Å². The first-order chi connectivity index (χ1) is 22.3. The second-order valence-electron chi connectivity index (χ2n) is 11.3. The molecular weight excluding hydrogens is 570 g/mol. The highest BCUT2D eigenvalue weighted by Crippen LogP contribution is 2.37. The van der Waals surface area contributed by atoms with E-state index in [0.717, 1.165) is 41.3 Å². The van der Waals surface area contributed by atoms with Crippen molar-refractivity contribution in [3.8, 4) is 0 Å². The molecule has 6 unspecified atom stereocenters. The summed E-state index contributed by atoms with van der Waals surface area (Å²) >= 11 is 0. The lowest BCUT2D eigenvalue weighted by Crippen LogP contribution is -2.63. The molecule has 0 aliphatic carbocycles. The summed E-state index contributed by atoms with van der Waals surface area (Å²) in [6, 6.07) is 34.6. The van der Waals surface area contributed by atoms with Crippen LogP contribution >= 0.6 is 0 Å².